The number of methoxy groups -OCH3 is 1. The van der Waals surface area contributed by atoms with Crippen molar-refractivity contribution in [1.29, 1.82) is 0 Å². The first-order valence-electron chi connectivity index (χ1n) is 12.2. The van der Waals surface area contributed by atoms with E-state index in [0.29, 0.717) is 38.0 Å². The van der Waals surface area contributed by atoms with Gasteiger partial charge in [-0.1, -0.05) is 19.0 Å². The lowest BCUT2D eigenvalue weighted by atomic mass is 9.84. The zero-order valence-corrected chi connectivity index (χ0v) is 22.1. The van der Waals surface area contributed by atoms with E-state index in [1.54, 1.807) is 13.2 Å². The van der Waals surface area contributed by atoms with E-state index in [2.05, 4.69) is 10.5 Å². The van der Waals surface area contributed by atoms with Crippen molar-refractivity contribution in [3.63, 3.8) is 0 Å². The predicted octanol–water partition coefficient (Wildman–Crippen LogP) is 3.97. The average molecular weight is 501 g/mol. The zero-order chi connectivity index (χ0) is 25.1. The van der Waals surface area contributed by atoms with Gasteiger partial charge < -0.3 is 18.7 Å². The van der Waals surface area contributed by atoms with Crippen LogP contribution in [0.25, 0.3) is 0 Å². The first kappa shape index (κ1) is 27.1. The van der Waals surface area contributed by atoms with E-state index in [-0.39, 0.29) is 24.4 Å². The molecule has 0 radical (unpaired) electrons. The number of nitrogens with one attached hydrogen (secondary N) is 1. The van der Waals surface area contributed by atoms with Gasteiger partial charge in [-0.3, -0.25) is 10.1 Å². The van der Waals surface area contributed by atoms with Crippen LogP contribution in [0.2, 0.25) is 0 Å². The van der Waals surface area contributed by atoms with Crippen LogP contribution in [0.15, 0.2) is 10.6 Å². The van der Waals surface area contributed by atoms with E-state index < -0.39 is 31.2 Å². The van der Waals surface area contributed by atoms with Crippen LogP contribution in [0.5, 0.6) is 0 Å². The Morgan fingerprint density at radius 1 is 1.15 bits per heavy atom. The van der Waals surface area contributed by atoms with E-state index in [4.69, 9.17) is 18.7 Å². The van der Waals surface area contributed by atoms with Crippen LogP contribution in [-0.4, -0.2) is 61.7 Å². The van der Waals surface area contributed by atoms with E-state index in [0.717, 1.165) is 19.3 Å². The Hall–Kier alpha value is -1.49. The number of carbonyl (C=O) groups is 1. The number of carbonyl (C=O) groups excluding carboxylic acids is 1. The minimum Gasteiger partial charge on any atom is -0.381 e. The molecule has 3 rings (SSSR count). The molecule has 1 amide bonds. The highest BCUT2D eigenvalue weighted by Crippen LogP contribution is 2.35. The van der Waals surface area contributed by atoms with Crippen LogP contribution in [-0.2, 0) is 34.3 Å². The van der Waals surface area contributed by atoms with Gasteiger partial charge in [0.2, 0.25) is 11.8 Å². The Morgan fingerprint density at radius 3 is 2.41 bits per heavy atom. The standard InChI is InChI=1S/C24H40N2O7S/c1-16(32-21-9-7-8-14-31-21)23(2,3)19-15-20(33-26-19)25-22(27)24(4,5)34(28,29)18-12-10-17(30-6)11-13-18/h15-18,21H,7-14H2,1-6H3,(H,25,27)/t16-,17-,18-,21?/m0/s1. The SMILES string of the molecule is CO[C@H]1CC[C@H](S(=O)(=O)C(C)(C)C(=O)Nc2cc(C(C)(C)[C@H](C)OC3CCCCO3)no2)CC1. The van der Waals surface area contributed by atoms with Crippen molar-refractivity contribution < 1.29 is 31.9 Å². The Morgan fingerprint density at radius 2 is 1.82 bits per heavy atom. The van der Waals surface area contributed by atoms with E-state index >= 15 is 0 Å². The summed E-state index contributed by atoms with van der Waals surface area (Å²) in [5.74, 6) is -0.526. The van der Waals surface area contributed by atoms with Crippen molar-refractivity contribution in [2.75, 3.05) is 19.0 Å². The third-order valence-electron chi connectivity index (χ3n) is 7.57. The van der Waals surface area contributed by atoms with Gasteiger partial charge in [-0.2, -0.15) is 0 Å². The molecule has 34 heavy (non-hydrogen) atoms. The molecule has 0 aromatic carbocycles. The fourth-order valence-electron chi connectivity index (χ4n) is 4.45. The van der Waals surface area contributed by atoms with Crippen LogP contribution < -0.4 is 5.32 Å². The molecule has 2 heterocycles. The smallest absolute Gasteiger partial charge is 0.247 e. The van der Waals surface area contributed by atoms with Crippen LogP contribution in [0.3, 0.4) is 0 Å². The highest BCUT2D eigenvalue weighted by atomic mass is 32.2. The Balaban J connectivity index is 1.65. The van der Waals surface area contributed by atoms with Crippen LogP contribution >= 0.6 is 0 Å². The molecule has 1 saturated carbocycles. The molecule has 1 aliphatic heterocycles. The Kier molecular flexibility index (Phi) is 8.48. The molecule has 10 heteroatoms. The molecule has 2 fully saturated rings. The number of nitrogens with zero attached hydrogens (tertiary/aromatic N) is 1. The summed E-state index contributed by atoms with van der Waals surface area (Å²) in [5.41, 5.74) is 0.0826. The maximum Gasteiger partial charge on any atom is 0.247 e. The summed E-state index contributed by atoms with van der Waals surface area (Å²) in [6.45, 7) is 9.51. The number of ether oxygens (including phenoxy) is 3. The molecule has 194 valence electrons. The van der Waals surface area contributed by atoms with Crippen molar-refractivity contribution >= 4 is 21.6 Å². The van der Waals surface area contributed by atoms with E-state index in [1.165, 1.54) is 13.8 Å². The molecule has 1 aromatic heterocycles. The number of hydrogen-bond acceptors (Lipinski definition) is 8. The molecule has 2 aliphatic rings. The highest BCUT2D eigenvalue weighted by Gasteiger charge is 2.47. The summed E-state index contributed by atoms with van der Waals surface area (Å²) in [4.78, 5) is 13.1. The first-order chi connectivity index (χ1) is 15.9. The molecule has 1 unspecified atom stereocenters. The fraction of sp³-hybridized carbons (Fsp3) is 0.833. The van der Waals surface area contributed by atoms with Gasteiger partial charge in [0, 0.05) is 25.2 Å². The minimum absolute atomic E-state index is 0.0791. The molecule has 1 aromatic rings. The number of aromatic nitrogens is 1. The quantitative estimate of drug-likeness (QED) is 0.541. The van der Waals surface area contributed by atoms with Crippen molar-refractivity contribution in [2.24, 2.45) is 0 Å². The summed E-state index contributed by atoms with van der Waals surface area (Å²) >= 11 is 0. The van der Waals surface area contributed by atoms with Crippen molar-refractivity contribution in [3.05, 3.63) is 11.8 Å². The lowest BCUT2D eigenvalue weighted by Crippen LogP contribution is -2.49. The number of anilines is 1. The van der Waals surface area contributed by atoms with Gasteiger partial charge in [0.25, 0.3) is 0 Å². The maximum absolute atomic E-state index is 13.3. The molecule has 0 bridgehead atoms. The molecule has 2 atom stereocenters. The summed E-state index contributed by atoms with van der Waals surface area (Å²) in [6, 6.07) is 1.63. The summed E-state index contributed by atoms with van der Waals surface area (Å²) in [7, 11) is -2.09. The second kappa shape index (κ2) is 10.6. The summed E-state index contributed by atoms with van der Waals surface area (Å²) in [6.07, 6.45) is 4.92. The minimum atomic E-state index is -3.73. The van der Waals surface area contributed by atoms with Crippen LogP contribution in [0.4, 0.5) is 5.88 Å². The molecule has 9 nitrogen and oxygen atoms in total. The third kappa shape index (κ3) is 5.66. The van der Waals surface area contributed by atoms with Gasteiger partial charge in [0.05, 0.1) is 23.2 Å². The van der Waals surface area contributed by atoms with Crippen LogP contribution in [0, 0.1) is 0 Å². The lowest BCUT2D eigenvalue weighted by molar-refractivity contribution is -0.196. The van der Waals surface area contributed by atoms with Gasteiger partial charge in [-0.25, -0.2) is 8.42 Å². The van der Waals surface area contributed by atoms with Crippen LogP contribution in [0.1, 0.15) is 85.3 Å². The molecule has 1 aliphatic carbocycles. The first-order valence-corrected chi connectivity index (χ1v) is 13.8. The molecule has 0 spiro atoms. The highest BCUT2D eigenvalue weighted by molar-refractivity contribution is 7.94. The summed E-state index contributed by atoms with van der Waals surface area (Å²) in [5, 5.41) is 6.19. The number of hydrogen-bond donors (Lipinski definition) is 1. The molecular formula is C24H40N2O7S. The van der Waals surface area contributed by atoms with E-state index in [9.17, 15) is 13.2 Å². The second-order valence-electron chi connectivity index (χ2n) is 10.5. The lowest BCUT2D eigenvalue weighted by Gasteiger charge is -2.34. The molecule has 1 N–H and O–H groups in total. The zero-order valence-electron chi connectivity index (χ0n) is 21.3. The normalized spacial score (nSPS) is 25.6. The largest absolute Gasteiger partial charge is 0.381 e. The van der Waals surface area contributed by atoms with E-state index in [1.807, 2.05) is 20.8 Å². The molecule has 1 saturated heterocycles. The molecular weight excluding hydrogens is 460 g/mol. The fourth-order valence-corrected chi connectivity index (χ4v) is 6.48. The van der Waals surface area contributed by atoms with Gasteiger partial charge in [-0.05, 0) is 65.7 Å². The predicted molar refractivity (Wildman–Crippen MR) is 128 cm³/mol. The second-order valence-corrected chi connectivity index (χ2v) is 13.3. The number of sulfone groups is 1. The van der Waals surface area contributed by atoms with Gasteiger partial charge in [0.15, 0.2) is 16.1 Å². The summed E-state index contributed by atoms with van der Waals surface area (Å²) < 4.78 is 47.5. The number of amides is 1. The van der Waals surface area contributed by atoms with Crippen molar-refractivity contribution in [1.82, 2.24) is 5.16 Å². The van der Waals surface area contributed by atoms with Gasteiger partial charge in [0.1, 0.15) is 4.75 Å². The third-order valence-corrected chi connectivity index (χ3v) is 10.5. The monoisotopic (exact) mass is 500 g/mol. The van der Waals surface area contributed by atoms with Crippen molar-refractivity contribution in [2.45, 2.75) is 113 Å². The van der Waals surface area contributed by atoms with Gasteiger partial charge >= 0.3 is 0 Å². The van der Waals surface area contributed by atoms with Crippen molar-refractivity contribution in [3.8, 4) is 0 Å². The Labute approximate surface area is 203 Å². The average Bonchev–Trinajstić information content (AvgIpc) is 3.29. The maximum atomic E-state index is 13.3. The van der Waals surface area contributed by atoms with Gasteiger partial charge in [-0.15, -0.1) is 0 Å². The topological polar surface area (TPSA) is 117 Å². The number of rotatable bonds is 9. The Bertz CT molecular complexity index is 927.